The number of alkyl halides is 1. The zero-order valence-corrected chi connectivity index (χ0v) is 16.8. The highest BCUT2D eigenvalue weighted by Crippen LogP contribution is 2.33. The van der Waals surface area contributed by atoms with E-state index in [2.05, 4.69) is 0 Å². The van der Waals surface area contributed by atoms with Crippen LogP contribution in [-0.2, 0) is 10.5 Å². The van der Waals surface area contributed by atoms with Gasteiger partial charge in [0.2, 0.25) is 5.91 Å². The fraction of sp³-hybridized carbons (Fsp3) is 0.556. The van der Waals surface area contributed by atoms with E-state index in [1.54, 1.807) is 18.9 Å². The van der Waals surface area contributed by atoms with Crippen LogP contribution in [0.15, 0.2) is 24.3 Å². The van der Waals surface area contributed by atoms with Crippen molar-refractivity contribution in [1.29, 1.82) is 5.26 Å². The van der Waals surface area contributed by atoms with Crippen LogP contribution in [0.5, 0.6) is 5.75 Å². The Bertz CT molecular complexity index is 651. The molecule has 0 aliphatic carbocycles. The molecule has 2 N–H and O–H groups in total. The van der Waals surface area contributed by atoms with Gasteiger partial charge in [0.25, 0.3) is 0 Å². The largest absolute Gasteiger partial charge is 0.497 e. The first-order valence-electron chi connectivity index (χ1n) is 8.15. The third-order valence-electron chi connectivity index (χ3n) is 4.47. The Morgan fingerprint density at radius 1 is 1.50 bits per heavy atom. The molecular weight excluding hydrogens is 377 g/mol. The standard InChI is InChI=1S/C18H24FN3O2S.ClH/c1-18(2,25-11-12-4-6-15(24-3)7-5-12)16(21)17(23)22-10-13(19)8-14(22)9-20;/h4-7,13-14,16H,8,10-11,21H2,1-3H3;1H/t13-,14-,16+;/m0./s1. The van der Waals surface area contributed by atoms with Crippen LogP contribution < -0.4 is 10.5 Å². The van der Waals surface area contributed by atoms with Gasteiger partial charge in [0.05, 0.1) is 25.8 Å². The molecule has 1 heterocycles. The maximum Gasteiger partial charge on any atom is 0.242 e. The summed E-state index contributed by atoms with van der Waals surface area (Å²) in [5.41, 5.74) is 7.28. The number of hydrogen-bond donors (Lipinski definition) is 1. The van der Waals surface area contributed by atoms with Crippen molar-refractivity contribution in [1.82, 2.24) is 4.90 Å². The first-order valence-corrected chi connectivity index (χ1v) is 9.13. The van der Waals surface area contributed by atoms with E-state index in [4.69, 9.17) is 15.7 Å². The Labute approximate surface area is 164 Å². The summed E-state index contributed by atoms with van der Waals surface area (Å²) in [4.78, 5) is 13.9. The monoisotopic (exact) mass is 401 g/mol. The quantitative estimate of drug-likeness (QED) is 0.792. The average molecular weight is 402 g/mol. The molecule has 0 aromatic heterocycles. The topological polar surface area (TPSA) is 79.3 Å². The number of carbonyl (C=O) groups is 1. The number of rotatable bonds is 6. The number of likely N-dealkylation sites (tertiary alicyclic amines) is 1. The van der Waals surface area contributed by atoms with E-state index in [1.807, 2.05) is 44.2 Å². The summed E-state index contributed by atoms with van der Waals surface area (Å²) >= 11 is 1.56. The minimum Gasteiger partial charge on any atom is -0.497 e. The highest BCUT2D eigenvalue weighted by atomic mass is 35.5. The molecule has 1 fully saturated rings. The zero-order chi connectivity index (χ0) is 18.6. The van der Waals surface area contributed by atoms with Gasteiger partial charge in [-0.15, -0.1) is 24.2 Å². The number of amides is 1. The molecule has 144 valence electrons. The van der Waals surface area contributed by atoms with E-state index in [1.165, 1.54) is 4.90 Å². The lowest BCUT2D eigenvalue weighted by Gasteiger charge is -2.33. The van der Waals surface area contributed by atoms with Gasteiger partial charge >= 0.3 is 0 Å². The van der Waals surface area contributed by atoms with E-state index >= 15 is 0 Å². The SMILES string of the molecule is COc1ccc(CSC(C)(C)[C@H](N)C(=O)N2C[C@@H](F)C[C@H]2C#N)cc1.Cl. The number of methoxy groups -OCH3 is 1. The average Bonchev–Trinajstić information content (AvgIpc) is 3.00. The molecule has 3 atom stereocenters. The van der Waals surface area contributed by atoms with Gasteiger partial charge in [-0.2, -0.15) is 5.26 Å². The van der Waals surface area contributed by atoms with Crippen molar-refractivity contribution >= 4 is 30.1 Å². The van der Waals surface area contributed by atoms with Crippen LogP contribution in [0.1, 0.15) is 25.8 Å². The molecule has 1 amide bonds. The number of nitriles is 1. The fourth-order valence-corrected chi connectivity index (χ4v) is 3.72. The molecule has 0 unspecified atom stereocenters. The molecule has 0 saturated carbocycles. The Hall–Kier alpha value is -1.49. The summed E-state index contributed by atoms with van der Waals surface area (Å²) in [6, 6.07) is 8.16. The smallest absolute Gasteiger partial charge is 0.242 e. The number of nitrogens with two attached hydrogens (primary N) is 1. The van der Waals surface area contributed by atoms with E-state index in [0.29, 0.717) is 5.75 Å². The van der Waals surface area contributed by atoms with Crippen molar-refractivity contribution in [3.8, 4) is 11.8 Å². The molecule has 0 spiro atoms. The molecular formula is C18H25ClFN3O2S. The molecule has 0 radical (unpaired) electrons. The predicted molar refractivity (Wildman–Crippen MR) is 104 cm³/mol. The van der Waals surface area contributed by atoms with Gasteiger partial charge in [-0.1, -0.05) is 12.1 Å². The molecule has 1 aliphatic rings. The highest BCUT2D eigenvalue weighted by molar-refractivity contribution is 7.99. The van der Waals surface area contributed by atoms with Gasteiger partial charge in [-0.05, 0) is 31.5 Å². The van der Waals surface area contributed by atoms with E-state index in [-0.39, 0.29) is 31.3 Å². The first-order chi connectivity index (χ1) is 11.8. The molecule has 2 rings (SSSR count). The van der Waals surface area contributed by atoms with Gasteiger partial charge in [-0.3, -0.25) is 4.79 Å². The van der Waals surface area contributed by atoms with Crippen molar-refractivity contribution in [3.63, 3.8) is 0 Å². The second kappa shape index (κ2) is 9.45. The number of ether oxygens (including phenoxy) is 1. The Kier molecular flexibility index (Phi) is 8.19. The first kappa shape index (κ1) is 22.6. The second-order valence-electron chi connectivity index (χ2n) is 6.69. The van der Waals surface area contributed by atoms with Crippen molar-refractivity contribution in [2.45, 2.75) is 49.0 Å². The number of benzene rings is 1. The van der Waals surface area contributed by atoms with Crippen LogP contribution in [-0.4, -0.2) is 47.5 Å². The van der Waals surface area contributed by atoms with E-state index < -0.39 is 23.0 Å². The minimum atomic E-state index is -1.16. The normalized spacial score (nSPS) is 20.8. The molecule has 1 aromatic carbocycles. The van der Waals surface area contributed by atoms with Gasteiger partial charge in [0.1, 0.15) is 18.0 Å². The van der Waals surface area contributed by atoms with Crippen LogP contribution in [0.2, 0.25) is 0 Å². The summed E-state index contributed by atoms with van der Waals surface area (Å²) < 4.78 is 18.1. The van der Waals surface area contributed by atoms with Gasteiger partial charge in [0.15, 0.2) is 0 Å². The third kappa shape index (κ3) is 5.26. The predicted octanol–water partition coefficient (Wildman–Crippen LogP) is 2.92. The second-order valence-corrected chi connectivity index (χ2v) is 8.32. The summed E-state index contributed by atoms with van der Waals surface area (Å²) in [6.45, 7) is 3.74. The third-order valence-corrected chi connectivity index (χ3v) is 5.94. The Morgan fingerprint density at radius 3 is 2.65 bits per heavy atom. The minimum absolute atomic E-state index is 0. The van der Waals surface area contributed by atoms with Crippen LogP contribution in [0.4, 0.5) is 4.39 Å². The lowest BCUT2D eigenvalue weighted by molar-refractivity contribution is -0.133. The lowest BCUT2D eigenvalue weighted by Crippen LogP contribution is -2.54. The van der Waals surface area contributed by atoms with Gasteiger partial charge in [-0.25, -0.2) is 4.39 Å². The molecule has 26 heavy (non-hydrogen) atoms. The number of nitrogens with zero attached hydrogens (tertiary/aromatic N) is 2. The van der Waals surface area contributed by atoms with Crippen molar-refractivity contribution < 1.29 is 13.9 Å². The number of hydrogen-bond acceptors (Lipinski definition) is 5. The fourth-order valence-electron chi connectivity index (χ4n) is 2.71. The Morgan fingerprint density at radius 2 is 2.12 bits per heavy atom. The van der Waals surface area contributed by atoms with Gasteiger partial charge < -0.3 is 15.4 Å². The van der Waals surface area contributed by atoms with E-state index in [9.17, 15) is 9.18 Å². The zero-order valence-electron chi connectivity index (χ0n) is 15.1. The number of thioether (sulfide) groups is 1. The van der Waals surface area contributed by atoms with Crippen LogP contribution in [0, 0.1) is 11.3 Å². The maximum atomic E-state index is 13.6. The lowest BCUT2D eigenvalue weighted by atomic mass is 10.0. The molecule has 5 nitrogen and oxygen atoms in total. The highest BCUT2D eigenvalue weighted by Gasteiger charge is 2.42. The molecule has 8 heteroatoms. The summed E-state index contributed by atoms with van der Waals surface area (Å²) in [5.74, 6) is 1.11. The molecule has 1 aliphatic heterocycles. The number of carbonyl (C=O) groups excluding carboxylic acids is 1. The summed E-state index contributed by atoms with van der Waals surface area (Å²) in [6.07, 6.45) is -1.09. The van der Waals surface area contributed by atoms with Gasteiger partial charge in [0, 0.05) is 16.9 Å². The van der Waals surface area contributed by atoms with Crippen molar-refractivity contribution in [3.05, 3.63) is 29.8 Å². The van der Waals surface area contributed by atoms with Crippen molar-refractivity contribution in [2.75, 3.05) is 13.7 Å². The molecule has 1 saturated heterocycles. The van der Waals surface area contributed by atoms with Crippen LogP contribution in [0.25, 0.3) is 0 Å². The van der Waals surface area contributed by atoms with Crippen LogP contribution in [0.3, 0.4) is 0 Å². The van der Waals surface area contributed by atoms with E-state index in [0.717, 1.165) is 11.3 Å². The van der Waals surface area contributed by atoms with Crippen molar-refractivity contribution in [2.24, 2.45) is 5.73 Å². The summed E-state index contributed by atoms with van der Waals surface area (Å²) in [7, 11) is 1.62. The molecule has 0 bridgehead atoms. The van der Waals surface area contributed by atoms with Crippen LogP contribution >= 0.6 is 24.2 Å². The molecule has 1 aromatic rings. The number of halogens is 2. The summed E-state index contributed by atoms with van der Waals surface area (Å²) in [5, 5.41) is 9.12. The maximum absolute atomic E-state index is 13.6. The Balaban J connectivity index is 0.00000338.